The molecule has 0 atom stereocenters. The molecule has 0 fully saturated rings. The molecule has 1 amide bonds. The monoisotopic (exact) mass is 311 g/mol. The van der Waals surface area contributed by atoms with Crippen molar-refractivity contribution in [2.45, 2.75) is 34.1 Å². The molecule has 0 bridgehead atoms. The summed E-state index contributed by atoms with van der Waals surface area (Å²) < 4.78 is 5.78. The molecule has 0 unspecified atom stereocenters. The van der Waals surface area contributed by atoms with Crippen LogP contribution in [0.15, 0.2) is 36.4 Å². The number of hydrogen-bond donors (Lipinski definition) is 1. The van der Waals surface area contributed by atoms with E-state index >= 15 is 0 Å². The van der Waals surface area contributed by atoms with E-state index in [9.17, 15) is 4.79 Å². The fourth-order valence-corrected chi connectivity index (χ4v) is 2.48. The smallest absolute Gasteiger partial charge is 0.224 e. The fraction of sp³-hybridized carbons (Fsp3) is 0.350. The molecule has 3 nitrogen and oxygen atoms in total. The first kappa shape index (κ1) is 17.1. The van der Waals surface area contributed by atoms with Crippen molar-refractivity contribution in [1.82, 2.24) is 5.32 Å². The van der Waals surface area contributed by atoms with Gasteiger partial charge in [0.2, 0.25) is 5.91 Å². The number of carbonyl (C=O) groups is 1. The van der Waals surface area contributed by atoms with Crippen LogP contribution in [-0.4, -0.2) is 19.1 Å². The fourth-order valence-electron chi connectivity index (χ4n) is 2.48. The molecular weight excluding hydrogens is 286 g/mol. The van der Waals surface area contributed by atoms with Crippen LogP contribution in [0.1, 0.15) is 27.8 Å². The van der Waals surface area contributed by atoms with E-state index < -0.39 is 0 Å². The molecular formula is C20H25NO2. The van der Waals surface area contributed by atoms with Gasteiger partial charge in [-0.05, 0) is 61.6 Å². The molecule has 2 aromatic carbocycles. The lowest BCUT2D eigenvalue weighted by Crippen LogP contribution is -2.29. The molecule has 0 aliphatic heterocycles. The zero-order valence-electron chi connectivity index (χ0n) is 14.4. The molecule has 3 heteroatoms. The van der Waals surface area contributed by atoms with Crippen LogP contribution in [0.2, 0.25) is 0 Å². The molecule has 122 valence electrons. The van der Waals surface area contributed by atoms with Gasteiger partial charge in [0.15, 0.2) is 0 Å². The molecule has 23 heavy (non-hydrogen) atoms. The van der Waals surface area contributed by atoms with Crippen LogP contribution in [0.4, 0.5) is 0 Å². The van der Waals surface area contributed by atoms with Gasteiger partial charge in [-0.3, -0.25) is 4.79 Å². The van der Waals surface area contributed by atoms with E-state index in [1.165, 1.54) is 11.1 Å². The largest absolute Gasteiger partial charge is 0.491 e. The first-order valence-electron chi connectivity index (χ1n) is 7.99. The minimum Gasteiger partial charge on any atom is -0.491 e. The second-order valence-corrected chi connectivity index (χ2v) is 6.00. The van der Waals surface area contributed by atoms with E-state index in [-0.39, 0.29) is 5.91 Å². The van der Waals surface area contributed by atoms with Crippen LogP contribution in [0.5, 0.6) is 5.75 Å². The van der Waals surface area contributed by atoms with Crippen LogP contribution >= 0.6 is 0 Å². The Hall–Kier alpha value is -2.29. The van der Waals surface area contributed by atoms with Crippen LogP contribution < -0.4 is 10.1 Å². The maximum absolute atomic E-state index is 12.0. The van der Waals surface area contributed by atoms with E-state index in [1.807, 2.05) is 38.1 Å². The Morgan fingerprint density at radius 3 is 2.39 bits per heavy atom. The highest BCUT2D eigenvalue weighted by Gasteiger charge is 2.06. The average molecular weight is 311 g/mol. The molecule has 2 aromatic rings. The lowest BCUT2D eigenvalue weighted by molar-refractivity contribution is -0.120. The van der Waals surface area contributed by atoms with E-state index in [4.69, 9.17) is 4.74 Å². The first-order valence-corrected chi connectivity index (χ1v) is 7.99. The minimum absolute atomic E-state index is 0.0275. The number of nitrogens with one attached hydrogen (secondary N) is 1. The maximum atomic E-state index is 12.0. The van der Waals surface area contributed by atoms with Gasteiger partial charge in [-0.15, -0.1) is 0 Å². The topological polar surface area (TPSA) is 38.3 Å². The minimum atomic E-state index is 0.0275. The summed E-state index contributed by atoms with van der Waals surface area (Å²) in [7, 11) is 0. The second-order valence-electron chi connectivity index (χ2n) is 6.00. The summed E-state index contributed by atoms with van der Waals surface area (Å²) in [5.41, 5.74) is 5.82. The van der Waals surface area contributed by atoms with Gasteiger partial charge in [-0.1, -0.05) is 30.3 Å². The van der Waals surface area contributed by atoms with Gasteiger partial charge in [0, 0.05) is 0 Å². The van der Waals surface area contributed by atoms with Crippen molar-refractivity contribution in [3.63, 3.8) is 0 Å². The van der Waals surface area contributed by atoms with Crippen molar-refractivity contribution >= 4 is 5.91 Å². The van der Waals surface area contributed by atoms with E-state index in [0.717, 1.165) is 22.4 Å². The SMILES string of the molecule is Cc1cc(C)c(OCCNC(=O)Cc2ccccc2C)cc1C. The van der Waals surface area contributed by atoms with Gasteiger partial charge in [0.25, 0.3) is 0 Å². The lowest BCUT2D eigenvalue weighted by atomic mass is 10.1. The van der Waals surface area contributed by atoms with Gasteiger partial charge in [-0.25, -0.2) is 0 Å². The van der Waals surface area contributed by atoms with Gasteiger partial charge in [0.1, 0.15) is 12.4 Å². The Labute approximate surface area is 138 Å². The first-order chi connectivity index (χ1) is 11.0. The summed E-state index contributed by atoms with van der Waals surface area (Å²) in [5, 5.41) is 2.91. The molecule has 0 radical (unpaired) electrons. The molecule has 0 spiro atoms. The molecule has 0 saturated heterocycles. The maximum Gasteiger partial charge on any atom is 0.224 e. The Morgan fingerprint density at radius 2 is 1.65 bits per heavy atom. The molecule has 2 rings (SSSR count). The number of amides is 1. The zero-order chi connectivity index (χ0) is 16.8. The van der Waals surface area contributed by atoms with Gasteiger partial charge >= 0.3 is 0 Å². The van der Waals surface area contributed by atoms with E-state index in [0.29, 0.717) is 19.6 Å². The van der Waals surface area contributed by atoms with Crippen molar-refractivity contribution in [2.24, 2.45) is 0 Å². The number of benzene rings is 2. The molecule has 0 aromatic heterocycles. The predicted molar refractivity (Wildman–Crippen MR) is 94.0 cm³/mol. The molecule has 0 aliphatic carbocycles. The van der Waals surface area contributed by atoms with Crippen LogP contribution in [-0.2, 0) is 11.2 Å². The Morgan fingerprint density at radius 1 is 0.957 bits per heavy atom. The number of aryl methyl sites for hydroxylation is 4. The summed E-state index contributed by atoms with van der Waals surface area (Å²) in [6, 6.07) is 12.1. The summed E-state index contributed by atoms with van der Waals surface area (Å²) >= 11 is 0. The van der Waals surface area contributed by atoms with Crippen LogP contribution in [0, 0.1) is 27.7 Å². The van der Waals surface area contributed by atoms with E-state index in [2.05, 4.69) is 31.3 Å². The van der Waals surface area contributed by atoms with Gasteiger partial charge < -0.3 is 10.1 Å². The van der Waals surface area contributed by atoms with Gasteiger partial charge in [0.05, 0.1) is 13.0 Å². The summed E-state index contributed by atoms with van der Waals surface area (Å²) in [6.07, 6.45) is 0.412. The van der Waals surface area contributed by atoms with Crippen LogP contribution in [0.3, 0.4) is 0 Å². The highest BCUT2D eigenvalue weighted by atomic mass is 16.5. The third-order valence-electron chi connectivity index (χ3n) is 4.09. The summed E-state index contributed by atoms with van der Waals surface area (Å²) in [6.45, 7) is 9.22. The van der Waals surface area contributed by atoms with Crippen molar-refractivity contribution in [1.29, 1.82) is 0 Å². The summed E-state index contributed by atoms with van der Waals surface area (Å²) in [4.78, 5) is 12.0. The third-order valence-corrected chi connectivity index (χ3v) is 4.09. The zero-order valence-corrected chi connectivity index (χ0v) is 14.4. The molecule has 0 saturated carbocycles. The standard InChI is InChI=1S/C20H25NO2/c1-14-7-5-6-8-18(14)13-20(22)21-9-10-23-19-12-16(3)15(2)11-17(19)4/h5-8,11-12H,9-10,13H2,1-4H3,(H,21,22). The number of carbonyl (C=O) groups excluding carboxylic acids is 1. The van der Waals surface area contributed by atoms with Crippen molar-refractivity contribution in [3.05, 3.63) is 64.2 Å². The highest BCUT2D eigenvalue weighted by molar-refractivity contribution is 5.78. The third kappa shape index (κ3) is 4.85. The van der Waals surface area contributed by atoms with Crippen LogP contribution in [0.25, 0.3) is 0 Å². The van der Waals surface area contributed by atoms with Gasteiger partial charge in [-0.2, -0.15) is 0 Å². The Bertz CT molecular complexity index is 692. The summed E-state index contributed by atoms with van der Waals surface area (Å²) in [5.74, 6) is 0.918. The Kier molecular flexibility index (Phi) is 5.80. The Balaban J connectivity index is 1.78. The lowest BCUT2D eigenvalue weighted by Gasteiger charge is -2.12. The number of rotatable bonds is 6. The van der Waals surface area contributed by atoms with Crippen molar-refractivity contribution < 1.29 is 9.53 Å². The average Bonchev–Trinajstić information content (AvgIpc) is 2.51. The molecule has 1 N–H and O–H groups in total. The molecule has 0 aliphatic rings. The predicted octanol–water partition coefficient (Wildman–Crippen LogP) is 3.66. The second kappa shape index (κ2) is 7.82. The normalized spacial score (nSPS) is 10.4. The number of hydrogen-bond acceptors (Lipinski definition) is 2. The molecule has 0 heterocycles. The quantitative estimate of drug-likeness (QED) is 0.827. The number of ether oxygens (including phenoxy) is 1. The van der Waals surface area contributed by atoms with E-state index in [1.54, 1.807) is 0 Å². The van der Waals surface area contributed by atoms with Crippen molar-refractivity contribution in [2.75, 3.05) is 13.2 Å². The van der Waals surface area contributed by atoms with Crippen molar-refractivity contribution in [3.8, 4) is 5.75 Å². The highest BCUT2D eigenvalue weighted by Crippen LogP contribution is 2.22.